The van der Waals surface area contributed by atoms with Gasteiger partial charge in [-0.15, -0.1) is 0 Å². The molecule has 1 atom stereocenters. The van der Waals surface area contributed by atoms with E-state index in [9.17, 15) is 14.0 Å². The smallest absolute Gasteiger partial charge is 0.326 e. The van der Waals surface area contributed by atoms with Gasteiger partial charge in [0.05, 0.1) is 0 Å². The molecule has 21 heavy (non-hydrogen) atoms. The summed E-state index contributed by atoms with van der Waals surface area (Å²) in [5.41, 5.74) is 0.651. The fourth-order valence-electron chi connectivity index (χ4n) is 1.65. The highest BCUT2D eigenvalue weighted by Crippen LogP contribution is 2.05. The maximum Gasteiger partial charge on any atom is 0.326 e. The monoisotopic (exact) mass is 295 g/mol. The largest absolute Gasteiger partial charge is 0.480 e. The van der Waals surface area contributed by atoms with Crippen molar-refractivity contribution < 1.29 is 23.8 Å². The molecule has 1 rings (SSSR count). The Morgan fingerprint density at radius 1 is 1.38 bits per heavy atom. The number of carboxylic acids is 1. The second-order valence-electron chi connectivity index (χ2n) is 4.42. The lowest BCUT2D eigenvalue weighted by Crippen LogP contribution is -2.40. The minimum absolute atomic E-state index is 0.291. The highest BCUT2D eigenvalue weighted by atomic mass is 19.1. The van der Waals surface area contributed by atoms with Gasteiger partial charge in [-0.2, -0.15) is 0 Å². The number of hydrogen-bond acceptors (Lipinski definition) is 3. The van der Waals surface area contributed by atoms with E-state index in [2.05, 4.69) is 5.32 Å². The molecule has 114 valence electrons. The minimum atomic E-state index is -1.09. The van der Waals surface area contributed by atoms with E-state index >= 15 is 0 Å². The molecule has 1 unspecified atom stereocenters. The summed E-state index contributed by atoms with van der Waals surface area (Å²) >= 11 is 0. The molecular weight excluding hydrogens is 277 g/mol. The molecule has 0 aliphatic rings. The van der Waals surface area contributed by atoms with Crippen LogP contribution in [0.15, 0.2) is 30.3 Å². The van der Waals surface area contributed by atoms with Crippen molar-refractivity contribution >= 4 is 18.0 Å². The van der Waals surface area contributed by atoms with E-state index in [-0.39, 0.29) is 5.82 Å². The number of rotatable bonds is 8. The van der Waals surface area contributed by atoms with Crippen molar-refractivity contribution in [1.29, 1.82) is 0 Å². The van der Waals surface area contributed by atoms with Gasteiger partial charge in [0, 0.05) is 19.8 Å². The Labute approximate surface area is 122 Å². The fourth-order valence-corrected chi connectivity index (χ4v) is 1.65. The molecule has 0 heterocycles. The topological polar surface area (TPSA) is 75.6 Å². The third-order valence-electron chi connectivity index (χ3n) is 2.75. The number of carboxylic acid groups (broad SMARTS) is 1. The van der Waals surface area contributed by atoms with E-state index < -0.39 is 17.9 Å². The lowest BCUT2D eigenvalue weighted by molar-refractivity contribution is -0.141. The van der Waals surface area contributed by atoms with Crippen molar-refractivity contribution in [2.24, 2.45) is 0 Å². The van der Waals surface area contributed by atoms with E-state index in [1.165, 1.54) is 43.5 Å². The molecule has 0 fully saturated rings. The Morgan fingerprint density at radius 2 is 2.05 bits per heavy atom. The first kappa shape index (κ1) is 16.8. The van der Waals surface area contributed by atoms with Crippen molar-refractivity contribution in [3.63, 3.8) is 0 Å². The Morgan fingerprint density at radius 3 is 2.62 bits per heavy atom. The van der Waals surface area contributed by atoms with Crippen molar-refractivity contribution in [3.8, 4) is 0 Å². The third-order valence-corrected chi connectivity index (χ3v) is 2.75. The number of amides is 1. The summed E-state index contributed by atoms with van der Waals surface area (Å²) < 4.78 is 17.6. The summed E-state index contributed by atoms with van der Waals surface area (Å²) in [6, 6.07) is 4.65. The van der Waals surface area contributed by atoms with Crippen LogP contribution in [0.1, 0.15) is 18.4 Å². The first-order valence-electron chi connectivity index (χ1n) is 6.49. The molecule has 1 amide bonds. The van der Waals surface area contributed by atoms with Gasteiger partial charge in [0.2, 0.25) is 5.91 Å². The minimum Gasteiger partial charge on any atom is -0.480 e. The van der Waals surface area contributed by atoms with Crippen molar-refractivity contribution in [2.75, 3.05) is 13.7 Å². The summed E-state index contributed by atoms with van der Waals surface area (Å²) in [5, 5.41) is 11.4. The van der Waals surface area contributed by atoms with Crippen molar-refractivity contribution in [3.05, 3.63) is 41.7 Å². The molecule has 0 spiro atoms. The summed E-state index contributed by atoms with van der Waals surface area (Å²) in [6.07, 6.45) is 3.54. The van der Waals surface area contributed by atoms with Crippen LogP contribution in [0.25, 0.3) is 6.08 Å². The van der Waals surface area contributed by atoms with Crippen molar-refractivity contribution in [2.45, 2.75) is 18.9 Å². The quantitative estimate of drug-likeness (QED) is 0.567. The average molecular weight is 295 g/mol. The number of nitrogens with one attached hydrogen (secondary N) is 1. The van der Waals surface area contributed by atoms with Crippen LogP contribution in [0.3, 0.4) is 0 Å². The molecule has 0 bridgehead atoms. The maximum atomic E-state index is 12.7. The van der Waals surface area contributed by atoms with Gasteiger partial charge in [-0.05, 0) is 36.6 Å². The molecular formula is C15H18FNO4. The Hall–Kier alpha value is -2.21. The van der Waals surface area contributed by atoms with Gasteiger partial charge in [-0.3, -0.25) is 4.79 Å². The number of aliphatic carboxylic acids is 1. The summed E-state index contributed by atoms with van der Waals surface area (Å²) in [7, 11) is 1.53. The molecule has 1 aromatic carbocycles. The Balaban J connectivity index is 2.53. The highest BCUT2D eigenvalue weighted by molar-refractivity contribution is 5.94. The summed E-state index contributed by atoms with van der Waals surface area (Å²) in [6.45, 7) is 0.436. The Kier molecular flexibility index (Phi) is 7.11. The molecule has 0 aliphatic heterocycles. The molecule has 0 radical (unpaired) electrons. The number of carbonyl (C=O) groups is 2. The molecule has 1 aromatic rings. The van der Waals surface area contributed by atoms with E-state index in [4.69, 9.17) is 9.84 Å². The average Bonchev–Trinajstić information content (AvgIpc) is 2.45. The fraction of sp³-hybridized carbons (Fsp3) is 0.333. The number of methoxy groups -OCH3 is 1. The van der Waals surface area contributed by atoms with Gasteiger partial charge in [0.25, 0.3) is 0 Å². The van der Waals surface area contributed by atoms with Crippen LogP contribution in [0, 0.1) is 5.82 Å². The van der Waals surface area contributed by atoms with Gasteiger partial charge < -0.3 is 15.2 Å². The van der Waals surface area contributed by atoms with Crippen LogP contribution < -0.4 is 5.32 Å². The summed E-state index contributed by atoms with van der Waals surface area (Å²) in [4.78, 5) is 22.7. The predicted octanol–water partition coefficient (Wildman–Crippen LogP) is 1.83. The molecule has 6 heteroatoms. The first-order chi connectivity index (χ1) is 10.0. The molecule has 2 N–H and O–H groups in total. The highest BCUT2D eigenvalue weighted by Gasteiger charge is 2.18. The summed E-state index contributed by atoms with van der Waals surface area (Å²) in [5.74, 6) is -1.96. The zero-order valence-corrected chi connectivity index (χ0v) is 11.7. The first-order valence-corrected chi connectivity index (χ1v) is 6.49. The van der Waals surface area contributed by atoms with Gasteiger partial charge >= 0.3 is 5.97 Å². The molecule has 0 aliphatic carbocycles. The van der Waals surface area contributed by atoms with Crippen molar-refractivity contribution in [1.82, 2.24) is 5.32 Å². The lowest BCUT2D eigenvalue weighted by atomic mass is 10.1. The number of ether oxygens (including phenoxy) is 1. The van der Waals surface area contributed by atoms with Crippen LogP contribution >= 0.6 is 0 Å². The van der Waals surface area contributed by atoms with Crippen LogP contribution in [-0.4, -0.2) is 36.7 Å². The number of halogens is 1. The molecule has 5 nitrogen and oxygen atoms in total. The SMILES string of the molecule is COCCCC(NC(=O)/C=C/c1ccc(F)cc1)C(=O)O. The van der Waals surface area contributed by atoms with Crippen LogP contribution in [-0.2, 0) is 14.3 Å². The number of benzene rings is 1. The van der Waals surface area contributed by atoms with E-state index in [1.807, 2.05) is 0 Å². The van der Waals surface area contributed by atoms with Gasteiger partial charge in [0.1, 0.15) is 11.9 Å². The Bertz CT molecular complexity index is 499. The second-order valence-corrected chi connectivity index (χ2v) is 4.42. The zero-order valence-electron chi connectivity index (χ0n) is 11.7. The molecule has 0 aromatic heterocycles. The van der Waals surface area contributed by atoms with E-state index in [1.54, 1.807) is 0 Å². The van der Waals surface area contributed by atoms with E-state index in [0.717, 1.165) is 0 Å². The van der Waals surface area contributed by atoms with Gasteiger partial charge in [0.15, 0.2) is 0 Å². The molecule has 0 saturated carbocycles. The second kappa shape index (κ2) is 8.86. The normalized spacial score (nSPS) is 12.3. The van der Waals surface area contributed by atoms with Crippen LogP contribution in [0.5, 0.6) is 0 Å². The maximum absolute atomic E-state index is 12.7. The van der Waals surface area contributed by atoms with Gasteiger partial charge in [-0.25, -0.2) is 9.18 Å². The number of carbonyl (C=O) groups excluding carboxylic acids is 1. The van der Waals surface area contributed by atoms with E-state index in [0.29, 0.717) is 25.0 Å². The predicted molar refractivity (Wildman–Crippen MR) is 76.1 cm³/mol. The lowest BCUT2D eigenvalue weighted by Gasteiger charge is -2.12. The number of hydrogen-bond donors (Lipinski definition) is 2. The zero-order chi connectivity index (χ0) is 15.7. The van der Waals surface area contributed by atoms with Crippen LogP contribution in [0.4, 0.5) is 4.39 Å². The van der Waals surface area contributed by atoms with Crippen LogP contribution in [0.2, 0.25) is 0 Å². The third kappa shape index (κ3) is 6.67. The molecule has 0 saturated heterocycles. The van der Waals surface area contributed by atoms with Gasteiger partial charge in [-0.1, -0.05) is 12.1 Å². The standard InChI is InChI=1S/C15H18FNO4/c1-21-10-2-3-13(15(19)20)17-14(18)9-6-11-4-7-12(16)8-5-11/h4-9,13H,2-3,10H2,1H3,(H,17,18)(H,19,20)/b9-6+.